The fraction of sp³-hybridized carbons (Fsp3) is 1.00. The van der Waals surface area contributed by atoms with Gasteiger partial charge in [-0.1, -0.05) is 13.8 Å². The molecule has 0 aromatic rings. The van der Waals surface area contributed by atoms with Gasteiger partial charge in [-0.3, -0.25) is 0 Å². The summed E-state index contributed by atoms with van der Waals surface area (Å²) in [4.78, 5) is 0. The zero-order chi connectivity index (χ0) is 8.77. The van der Waals surface area contributed by atoms with Crippen molar-refractivity contribution in [3.05, 3.63) is 0 Å². The van der Waals surface area contributed by atoms with E-state index in [9.17, 15) is 0 Å². The number of rotatable bonds is 2. The second-order valence-electron chi connectivity index (χ2n) is 4.74. The lowest BCUT2D eigenvalue weighted by Crippen LogP contribution is -2.45. The molecule has 0 unspecified atom stereocenters. The number of fused-ring (bicyclic) bond motifs is 2. The van der Waals surface area contributed by atoms with Gasteiger partial charge < -0.3 is 5.73 Å². The summed E-state index contributed by atoms with van der Waals surface area (Å²) in [5.41, 5.74) is 6.85. The third kappa shape index (κ3) is 0.834. The lowest BCUT2D eigenvalue weighted by molar-refractivity contribution is 0.119. The van der Waals surface area contributed by atoms with Gasteiger partial charge in [0.1, 0.15) is 0 Å². The Bertz CT molecular complexity index is 168. The molecule has 1 heteroatoms. The maximum atomic E-state index is 6.32. The van der Waals surface area contributed by atoms with Crippen LogP contribution in [0.25, 0.3) is 0 Å². The van der Waals surface area contributed by atoms with E-state index in [1.54, 1.807) is 0 Å². The van der Waals surface area contributed by atoms with Gasteiger partial charge in [-0.05, 0) is 49.4 Å². The monoisotopic (exact) mass is 167 g/mol. The largest absolute Gasteiger partial charge is 0.327 e. The molecule has 2 aliphatic rings. The standard InChI is InChI=1S/C11H21N/c1-3-11(4-2)9-6-5-8(7-9)10(11)12/h8-10H,3-7,12H2,1-2H3/t8-,9+,10-/m0/s1. The zero-order valence-electron chi connectivity index (χ0n) is 8.34. The van der Waals surface area contributed by atoms with Crippen molar-refractivity contribution in [1.29, 1.82) is 0 Å². The SMILES string of the molecule is CCC1(CC)[C@@H]2CC[C@@H](C2)[C@@H]1N. The van der Waals surface area contributed by atoms with E-state index in [0.29, 0.717) is 11.5 Å². The Morgan fingerprint density at radius 1 is 1.25 bits per heavy atom. The third-order valence-corrected chi connectivity index (χ3v) is 4.77. The van der Waals surface area contributed by atoms with Crippen molar-refractivity contribution in [2.45, 2.75) is 52.0 Å². The Balaban J connectivity index is 2.24. The van der Waals surface area contributed by atoms with Crippen LogP contribution in [0.4, 0.5) is 0 Å². The van der Waals surface area contributed by atoms with Crippen LogP contribution in [0.3, 0.4) is 0 Å². The summed E-state index contributed by atoms with van der Waals surface area (Å²) in [5.74, 6) is 1.84. The summed E-state index contributed by atoms with van der Waals surface area (Å²) in [6, 6.07) is 0.520. The molecular weight excluding hydrogens is 146 g/mol. The Labute approximate surface area is 75.7 Å². The normalized spacial score (nSPS) is 43.8. The first-order chi connectivity index (χ1) is 5.74. The molecule has 0 spiro atoms. The molecular formula is C11H21N. The molecule has 0 aromatic heterocycles. The predicted molar refractivity (Wildman–Crippen MR) is 51.8 cm³/mol. The van der Waals surface area contributed by atoms with Crippen LogP contribution < -0.4 is 5.73 Å². The predicted octanol–water partition coefficient (Wildman–Crippen LogP) is 2.55. The summed E-state index contributed by atoms with van der Waals surface area (Å²) in [6.07, 6.45) is 6.90. The first-order valence-electron chi connectivity index (χ1n) is 5.50. The van der Waals surface area contributed by atoms with Crippen LogP contribution in [0.15, 0.2) is 0 Å². The molecule has 12 heavy (non-hydrogen) atoms. The van der Waals surface area contributed by atoms with E-state index in [-0.39, 0.29) is 0 Å². The number of hydrogen-bond acceptors (Lipinski definition) is 1. The molecule has 0 saturated heterocycles. The average molecular weight is 167 g/mol. The fourth-order valence-corrected chi connectivity index (χ4v) is 3.91. The Hall–Kier alpha value is -0.0400. The van der Waals surface area contributed by atoms with Gasteiger partial charge in [0.2, 0.25) is 0 Å². The molecule has 2 aliphatic carbocycles. The van der Waals surface area contributed by atoms with Crippen molar-refractivity contribution in [1.82, 2.24) is 0 Å². The Morgan fingerprint density at radius 2 is 1.92 bits per heavy atom. The van der Waals surface area contributed by atoms with Crippen LogP contribution in [0.2, 0.25) is 0 Å². The first kappa shape index (κ1) is 8.55. The molecule has 0 amide bonds. The van der Waals surface area contributed by atoms with Gasteiger partial charge in [-0.2, -0.15) is 0 Å². The van der Waals surface area contributed by atoms with Crippen molar-refractivity contribution in [3.63, 3.8) is 0 Å². The second-order valence-corrected chi connectivity index (χ2v) is 4.74. The van der Waals surface area contributed by atoms with Gasteiger partial charge in [0.25, 0.3) is 0 Å². The minimum absolute atomic E-state index is 0.520. The average Bonchev–Trinajstić information content (AvgIpc) is 2.64. The molecule has 70 valence electrons. The number of nitrogens with two attached hydrogens (primary N) is 1. The van der Waals surface area contributed by atoms with E-state index < -0.39 is 0 Å². The highest BCUT2D eigenvalue weighted by atomic mass is 14.8. The zero-order valence-corrected chi connectivity index (χ0v) is 8.34. The second kappa shape index (κ2) is 2.73. The van der Waals surface area contributed by atoms with E-state index >= 15 is 0 Å². The topological polar surface area (TPSA) is 26.0 Å². The number of hydrogen-bond donors (Lipinski definition) is 1. The van der Waals surface area contributed by atoms with E-state index in [1.807, 2.05) is 0 Å². The molecule has 0 radical (unpaired) electrons. The van der Waals surface area contributed by atoms with Crippen molar-refractivity contribution >= 4 is 0 Å². The smallest absolute Gasteiger partial charge is 0.0127 e. The summed E-state index contributed by atoms with van der Waals surface area (Å²) < 4.78 is 0. The highest BCUT2D eigenvalue weighted by Crippen LogP contribution is 2.58. The van der Waals surface area contributed by atoms with Crippen LogP contribution in [-0.2, 0) is 0 Å². The van der Waals surface area contributed by atoms with Crippen LogP contribution in [0.1, 0.15) is 46.0 Å². The summed E-state index contributed by atoms with van der Waals surface area (Å²) in [7, 11) is 0. The van der Waals surface area contributed by atoms with Gasteiger partial charge >= 0.3 is 0 Å². The van der Waals surface area contributed by atoms with Crippen LogP contribution in [0, 0.1) is 17.3 Å². The molecule has 0 heterocycles. The summed E-state index contributed by atoms with van der Waals surface area (Å²) in [6.45, 7) is 4.65. The molecule has 0 aromatic carbocycles. The van der Waals surface area contributed by atoms with E-state index in [0.717, 1.165) is 11.8 Å². The molecule has 2 N–H and O–H groups in total. The Kier molecular flexibility index (Phi) is 1.95. The van der Waals surface area contributed by atoms with E-state index in [4.69, 9.17) is 5.73 Å². The van der Waals surface area contributed by atoms with Crippen molar-refractivity contribution < 1.29 is 0 Å². The minimum atomic E-state index is 0.520. The lowest BCUT2D eigenvalue weighted by Gasteiger charge is -2.41. The van der Waals surface area contributed by atoms with E-state index in [1.165, 1.54) is 32.1 Å². The highest BCUT2D eigenvalue weighted by Gasteiger charge is 2.54. The lowest BCUT2D eigenvalue weighted by atomic mass is 9.67. The van der Waals surface area contributed by atoms with Crippen LogP contribution in [-0.4, -0.2) is 6.04 Å². The van der Waals surface area contributed by atoms with E-state index in [2.05, 4.69) is 13.8 Å². The third-order valence-electron chi connectivity index (χ3n) is 4.77. The highest BCUT2D eigenvalue weighted by molar-refractivity contribution is 5.07. The molecule has 2 bridgehead atoms. The van der Waals surface area contributed by atoms with Gasteiger partial charge in [0, 0.05) is 6.04 Å². The molecule has 2 saturated carbocycles. The summed E-state index contributed by atoms with van der Waals surface area (Å²) >= 11 is 0. The van der Waals surface area contributed by atoms with Gasteiger partial charge in [0.15, 0.2) is 0 Å². The van der Waals surface area contributed by atoms with Gasteiger partial charge in [-0.25, -0.2) is 0 Å². The van der Waals surface area contributed by atoms with Crippen LogP contribution in [0.5, 0.6) is 0 Å². The summed E-state index contributed by atoms with van der Waals surface area (Å²) in [5, 5.41) is 0. The van der Waals surface area contributed by atoms with Gasteiger partial charge in [-0.15, -0.1) is 0 Å². The van der Waals surface area contributed by atoms with Gasteiger partial charge in [0.05, 0.1) is 0 Å². The quantitative estimate of drug-likeness (QED) is 0.672. The van der Waals surface area contributed by atoms with Crippen LogP contribution >= 0.6 is 0 Å². The molecule has 3 atom stereocenters. The molecule has 2 rings (SSSR count). The van der Waals surface area contributed by atoms with Crippen molar-refractivity contribution in [2.24, 2.45) is 23.0 Å². The first-order valence-corrected chi connectivity index (χ1v) is 5.50. The van der Waals surface area contributed by atoms with Crippen molar-refractivity contribution in [3.8, 4) is 0 Å². The maximum Gasteiger partial charge on any atom is 0.0127 e. The molecule has 1 nitrogen and oxygen atoms in total. The maximum absolute atomic E-state index is 6.32. The Morgan fingerprint density at radius 3 is 2.25 bits per heavy atom. The fourth-order valence-electron chi connectivity index (χ4n) is 3.91. The van der Waals surface area contributed by atoms with Crippen molar-refractivity contribution in [2.75, 3.05) is 0 Å². The molecule has 2 fully saturated rings. The minimum Gasteiger partial charge on any atom is -0.327 e. The molecule has 0 aliphatic heterocycles.